The number of hydrogen-bond donors (Lipinski definition) is 0. The molecule has 0 N–H and O–H groups in total. The third-order valence-electron chi connectivity index (χ3n) is 5.97. The molecule has 0 unspecified atom stereocenters. The van der Waals surface area contributed by atoms with Gasteiger partial charge in [0.2, 0.25) is 0 Å². The first kappa shape index (κ1) is 17.5. The van der Waals surface area contributed by atoms with Gasteiger partial charge in [-0.25, -0.2) is 0 Å². The van der Waals surface area contributed by atoms with Gasteiger partial charge in [-0.15, -0.1) is 0 Å². The molecule has 3 fully saturated rings. The van der Waals surface area contributed by atoms with E-state index in [0.717, 1.165) is 78.2 Å². The Morgan fingerprint density at radius 1 is 1.00 bits per heavy atom. The third-order valence-corrected chi connectivity index (χ3v) is 5.97. The average Bonchev–Trinajstić information content (AvgIpc) is 2.90. The fraction of sp³-hybridized carbons (Fsp3) is 1.00. The van der Waals surface area contributed by atoms with E-state index in [4.69, 9.17) is 4.74 Å². The fourth-order valence-electron chi connectivity index (χ4n) is 4.66. The second-order valence-electron chi connectivity index (χ2n) is 7.67. The molecule has 0 radical (unpaired) electrons. The number of nitrogens with zero attached hydrogens (tertiary/aromatic N) is 2. The van der Waals surface area contributed by atoms with Crippen LogP contribution in [-0.2, 0) is 4.74 Å². The van der Waals surface area contributed by atoms with E-state index >= 15 is 0 Å². The van der Waals surface area contributed by atoms with Gasteiger partial charge in [0, 0.05) is 19.6 Å². The second-order valence-corrected chi connectivity index (χ2v) is 7.67. The van der Waals surface area contributed by atoms with E-state index in [1.54, 1.807) is 0 Å². The lowest BCUT2D eigenvalue weighted by Crippen LogP contribution is -2.39. The molecule has 0 aromatic rings. The average molecular weight is 334 g/mol. The van der Waals surface area contributed by atoms with Crippen molar-refractivity contribution in [2.75, 3.05) is 52.5 Å². The molecule has 1 saturated carbocycles. The number of likely N-dealkylation sites (tertiary alicyclic amines) is 1. The molecule has 1 aliphatic carbocycles. The maximum atomic E-state index is 13.1. The predicted octanol–water partition coefficient (Wildman–Crippen LogP) is 3.15. The monoisotopic (exact) mass is 334 g/mol. The Bertz CT molecular complexity index is 385. The lowest BCUT2D eigenvalue weighted by Gasteiger charge is -2.39. The Morgan fingerprint density at radius 3 is 2.48 bits per heavy atom. The van der Waals surface area contributed by atoms with Crippen LogP contribution in [0.15, 0.2) is 0 Å². The molecule has 0 bridgehead atoms. The topological polar surface area (TPSA) is 15.7 Å². The Kier molecular flexibility index (Phi) is 5.53. The number of halogens is 3. The van der Waals surface area contributed by atoms with Crippen molar-refractivity contribution >= 4 is 0 Å². The van der Waals surface area contributed by atoms with Crippen LogP contribution in [0.4, 0.5) is 13.2 Å². The van der Waals surface area contributed by atoms with E-state index in [1.165, 1.54) is 0 Å². The molecule has 2 aliphatic heterocycles. The summed E-state index contributed by atoms with van der Waals surface area (Å²) >= 11 is 0. The van der Waals surface area contributed by atoms with Crippen molar-refractivity contribution in [3.05, 3.63) is 0 Å². The van der Waals surface area contributed by atoms with Crippen LogP contribution in [-0.4, -0.2) is 68.5 Å². The summed E-state index contributed by atoms with van der Waals surface area (Å²) < 4.78 is 44.5. The van der Waals surface area contributed by atoms with E-state index in [9.17, 15) is 13.2 Å². The van der Waals surface area contributed by atoms with Gasteiger partial charge in [-0.05, 0) is 57.2 Å². The normalized spacial score (nSPS) is 34.3. The quantitative estimate of drug-likeness (QED) is 0.785. The molecule has 3 aliphatic rings. The van der Waals surface area contributed by atoms with Crippen molar-refractivity contribution < 1.29 is 17.9 Å². The maximum Gasteiger partial charge on any atom is 0.391 e. The summed E-state index contributed by atoms with van der Waals surface area (Å²) in [5.41, 5.74) is -0.0581. The molecular formula is C17H29F3N2O. The molecule has 3 nitrogen and oxygen atoms in total. The Balaban J connectivity index is 1.42. The maximum absolute atomic E-state index is 13.1. The highest BCUT2D eigenvalue weighted by atomic mass is 19.4. The van der Waals surface area contributed by atoms with Crippen molar-refractivity contribution in [1.82, 2.24) is 9.80 Å². The molecule has 2 atom stereocenters. The summed E-state index contributed by atoms with van der Waals surface area (Å²) in [4.78, 5) is 4.83. The molecule has 23 heavy (non-hydrogen) atoms. The van der Waals surface area contributed by atoms with E-state index in [0.29, 0.717) is 12.8 Å². The number of rotatable bonds is 4. The molecule has 0 aromatic carbocycles. The number of hydrogen-bond acceptors (Lipinski definition) is 3. The number of ether oxygens (including phenoxy) is 1. The summed E-state index contributed by atoms with van der Waals surface area (Å²) in [5, 5.41) is 0. The summed E-state index contributed by atoms with van der Waals surface area (Å²) in [7, 11) is 0. The lowest BCUT2D eigenvalue weighted by atomic mass is 9.69. The van der Waals surface area contributed by atoms with E-state index < -0.39 is 12.1 Å². The van der Waals surface area contributed by atoms with Gasteiger partial charge >= 0.3 is 6.18 Å². The first-order valence-corrected chi connectivity index (χ1v) is 9.06. The zero-order valence-electron chi connectivity index (χ0n) is 13.9. The molecule has 2 heterocycles. The molecule has 0 aromatic heterocycles. The standard InChI is InChI=1S/C17H29F3N2O/c18-17(19,20)15-3-1-4-16(13-15)5-8-22(14-16)7-2-6-21-9-11-23-12-10-21/h15H,1-14H2/t15-,16+/m0/s1. The van der Waals surface area contributed by atoms with Gasteiger partial charge in [-0.2, -0.15) is 13.2 Å². The van der Waals surface area contributed by atoms with Crippen molar-refractivity contribution in [2.24, 2.45) is 11.3 Å². The van der Waals surface area contributed by atoms with Crippen molar-refractivity contribution in [1.29, 1.82) is 0 Å². The van der Waals surface area contributed by atoms with Gasteiger partial charge < -0.3 is 9.64 Å². The fourth-order valence-corrected chi connectivity index (χ4v) is 4.66. The van der Waals surface area contributed by atoms with E-state index in [-0.39, 0.29) is 5.41 Å². The van der Waals surface area contributed by atoms with Gasteiger partial charge in [0.25, 0.3) is 0 Å². The smallest absolute Gasteiger partial charge is 0.379 e. The van der Waals surface area contributed by atoms with E-state index in [1.807, 2.05) is 0 Å². The largest absolute Gasteiger partial charge is 0.391 e. The van der Waals surface area contributed by atoms with Crippen molar-refractivity contribution in [2.45, 2.75) is 44.7 Å². The van der Waals surface area contributed by atoms with Crippen LogP contribution in [0.3, 0.4) is 0 Å². The highest BCUT2D eigenvalue weighted by molar-refractivity contribution is 4.95. The van der Waals surface area contributed by atoms with Gasteiger partial charge in [-0.3, -0.25) is 4.90 Å². The van der Waals surface area contributed by atoms with Crippen LogP contribution in [0.1, 0.15) is 38.5 Å². The number of alkyl halides is 3. The minimum absolute atomic E-state index is 0.0581. The first-order chi connectivity index (χ1) is 11.0. The molecule has 1 spiro atoms. The Labute approximate surface area is 137 Å². The van der Waals surface area contributed by atoms with E-state index in [2.05, 4.69) is 9.80 Å². The Hall–Kier alpha value is -0.330. The summed E-state index contributed by atoms with van der Waals surface area (Å²) in [6, 6.07) is 0. The van der Waals surface area contributed by atoms with Crippen LogP contribution < -0.4 is 0 Å². The highest BCUT2D eigenvalue weighted by Crippen LogP contribution is 2.50. The molecule has 134 valence electrons. The SMILES string of the molecule is FC(F)(F)[C@H]1CCC[C@@]2(CCN(CCCN3CCOCC3)C2)C1. The van der Waals surface area contributed by atoms with Crippen LogP contribution in [0.25, 0.3) is 0 Å². The van der Waals surface area contributed by atoms with Gasteiger partial charge in [-0.1, -0.05) is 6.42 Å². The Morgan fingerprint density at radius 2 is 1.74 bits per heavy atom. The van der Waals surface area contributed by atoms with Crippen LogP contribution in [0, 0.1) is 11.3 Å². The minimum atomic E-state index is -4.00. The van der Waals surface area contributed by atoms with Crippen LogP contribution in [0.2, 0.25) is 0 Å². The zero-order chi connectivity index (χ0) is 16.3. The predicted molar refractivity (Wildman–Crippen MR) is 83.4 cm³/mol. The minimum Gasteiger partial charge on any atom is -0.379 e. The first-order valence-electron chi connectivity index (χ1n) is 9.06. The molecule has 6 heteroatoms. The molecule has 2 saturated heterocycles. The van der Waals surface area contributed by atoms with Crippen LogP contribution in [0.5, 0.6) is 0 Å². The molecule has 3 rings (SSSR count). The summed E-state index contributed by atoms with van der Waals surface area (Å²) in [5.74, 6) is -1.07. The summed E-state index contributed by atoms with van der Waals surface area (Å²) in [6.07, 6.45) is 0.483. The highest BCUT2D eigenvalue weighted by Gasteiger charge is 2.49. The zero-order valence-corrected chi connectivity index (χ0v) is 13.9. The van der Waals surface area contributed by atoms with Crippen molar-refractivity contribution in [3.63, 3.8) is 0 Å². The van der Waals surface area contributed by atoms with Crippen molar-refractivity contribution in [3.8, 4) is 0 Å². The summed E-state index contributed by atoms with van der Waals surface area (Å²) in [6.45, 7) is 7.63. The second kappa shape index (κ2) is 7.28. The molecular weight excluding hydrogens is 305 g/mol. The third kappa shape index (κ3) is 4.60. The lowest BCUT2D eigenvalue weighted by molar-refractivity contribution is -0.191. The van der Waals surface area contributed by atoms with Gasteiger partial charge in [0.15, 0.2) is 0 Å². The molecule has 0 amide bonds. The van der Waals surface area contributed by atoms with Crippen LogP contribution >= 0.6 is 0 Å². The number of morpholine rings is 1. The van der Waals surface area contributed by atoms with Gasteiger partial charge in [0.05, 0.1) is 19.1 Å². The van der Waals surface area contributed by atoms with Gasteiger partial charge in [0.1, 0.15) is 0 Å².